The van der Waals surface area contributed by atoms with Crippen molar-refractivity contribution in [2.75, 3.05) is 6.54 Å². The molecule has 5 heteroatoms. The van der Waals surface area contributed by atoms with Crippen LogP contribution < -0.4 is 5.73 Å². The summed E-state index contributed by atoms with van der Waals surface area (Å²) in [7, 11) is 0. The second-order valence-electron chi connectivity index (χ2n) is 3.52. The standard InChI is InChI=1S/C10H10F3N.ClH/c11-8-4-2-1-3-6(8)9-7(5-14)10(9,12)13;/h1-4,7,9H,5,14H2;1H. The molecule has 1 aromatic carbocycles. The molecule has 84 valence electrons. The first kappa shape index (κ1) is 12.3. The third kappa shape index (κ3) is 1.84. The molecule has 0 heterocycles. The molecule has 0 bridgehead atoms. The lowest BCUT2D eigenvalue weighted by atomic mass is 10.1. The summed E-state index contributed by atoms with van der Waals surface area (Å²) in [6.07, 6.45) is 0. The van der Waals surface area contributed by atoms with E-state index in [2.05, 4.69) is 0 Å². The third-order valence-corrected chi connectivity index (χ3v) is 2.70. The number of halogens is 4. The average molecular weight is 238 g/mol. The summed E-state index contributed by atoms with van der Waals surface area (Å²) in [4.78, 5) is 0. The molecule has 0 spiro atoms. The molecule has 0 amide bonds. The Balaban J connectivity index is 0.00000112. The van der Waals surface area contributed by atoms with Crippen LogP contribution in [-0.2, 0) is 0 Å². The predicted molar refractivity (Wildman–Crippen MR) is 53.9 cm³/mol. The van der Waals surface area contributed by atoms with Gasteiger partial charge >= 0.3 is 0 Å². The van der Waals surface area contributed by atoms with Crippen molar-refractivity contribution in [3.05, 3.63) is 35.6 Å². The Labute approximate surface area is 91.9 Å². The number of hydrogen-bond donors (Lipinski definition) is 1. The number of nitrogens with two attached hydrogens (primary N) is 1. The Bertz CT molecular complexity index is 356. The lowest BCUT2D eigenvalue weighted by Crippen LogP contribution is -2.06. The molecular formula is C10H11ClF3N. The highest BCUT2D eigenvalue weighted by molar-refractivity contribution is 5.85. The first-order chi connectivity index (χ1) is 6.59. The van der Waals surface area contributed by atoms with E-state index in [1.807, 2.05) is 0 Å². The van der Waals surface area contributed by atoms with Gasteiger partial charge in [0.25, 0.3) is 5.92 Å². The highest BCUT2D eigenvalue weighted by Crippen LogP contribution is 2.61. The van der Waals surface area contributed by atoms with Crippen LogP contribution in [-0.4, -0.2) is 12.5 Å². The van der Waals surface area contributed by atoms with E-state index in [4.69, 9.17) is 5.73 Å². The fourth-order valence-corrected chi connectivity index (χ4v) is 1.83. The summed E-state index contributed by atoms with van der Waals surface area (Å²) in [6.45, 7) is -0.105. The molecular weight excluding hydrogens is 227 g/mol. The van der Waals surface area contributed by atoms with Crippen LogP contribution in [0.5, 0.6) is 0 Å². The molecule has 1 fully saturated rings. The maximum Gasteiger partial charge on any atom is 0.260 e. The van der Waals surface area contributed by atoms with E-state index in [0.29, 0.717) is 0 Å². The predicted octanol–water partition coefficient (Wildman–Crippen LogP) is 2.55. The van der Waals surface area contributed by atoms with Crippen LogP contribution in [0.25, 0.3) is 0 Å². The minimum atomic E-state index is -2.84. The zero-order valence-electron chi connectivity index (χ0n) is 7.79. The van der Waals surface area contributed by atoms with Gasteiger partial charge in [-0.25, -0.2) is 13.2 Å². The van der Waals surface area contributed by atoms with E-state index < -0.39 is 23.6 Å². The molecule has 15 heavy (non-hydrogen) atoms. The Morgan fingerprint density at radius 3 is 2.33 bits per heavy atom. The van der Waals surface area contributed by atoms with Crippen LogP contribution in [0, 0.1) is 11.7 Å². The first-order valence-electron chi connectivity index (χ1n) is 4.41. The van der Waals surface area contributed by atoms with Crippen molar-refractivity contribution in [1.29, 1.82) is 0 Å². The summed E-state index contributed by atoms with van der Waals surface area (Å²) < 4.78 is 39.3. The van der Waals surface area contributed by atoms with Gasteiger partial charge in [0.15, 0.2) is 0 Å². The van der Waals surface area contributed by atoms with Crippen molar-refractivity contribution >= 4 is 12.4 Å². The zero-order chi connectivity index (χ0) is 10.3. The Hall–Kier alpha value is -0.740. The van der Waals surface area contributed by atoms with Crippen LogP contribution in [0.1, 0.15) is 11.5 Å². The van der Waals surface area contributed by atoms with E-state index in [-0.39, 0.29) is 24.5 Å². The van der Waals surface area contributed by atoms with Crippen LogP contribution in [0.15, 0.2) is 24.3 Å². The molecule has 1 aliphatic rings. The van der Waals surface area contributed by atoms with Gasteiger partial charge in [0.2, 0.25) is 0 Å². The highest BCUT2D eigenvalue weighted by Gasteiger charge is 2.68. The topological polar surface area (TPSA) is 26.0 Å². The highest BCUT2D eigenvalue weighted by atomic mass is 35.5. The minimum absolute atomic E-state index is 0. The van der Waals surface area contributed by atoms with Gasteiger partial charge in [-0.15, -0.1) is 12.4 Å². The molecule has 0 aliphatic heterocycles. The lowest BCUT2D eigenvalue weighted by Gasteiger charge is -1.99. The SMILES string of the molecule is Cl.NCC1C(c2ccccc2F)C1(F)F. The molecule has 1 saturated carbocycles. The molecule has 0 aromatic heterocycles. The summed E-state index contributed by atoms with van der Waals surface area (Å²) in [6, 6.07) is 5.62. The molecule has 2 unspecified atom stereocenters. The molecule has 1 aromatic rings. The minimum Gasteiger partial charge on any atom is -0.330 e. The average Bonchev–Trinajstić information content (AvgIpc) is 2.69. The van der Waals surface area contributed by atoms with Crippen LogP contribution >= 0.6 is 12.4 Å². The molecule has 0 radical (unpaired) electrons. The number of alkyl halides is 2. The molecule has 1 aliphatic carbocycles. The summed E-state index contributed by atoms with van der Waals surface area (Å²) in [5, 5.41) is 0. The van der Waals surface area contributed by atoms with Crippen molar-refractivity contribution < 1.29 is 13.2 Å². The molecule has 2 atom stereocenters. The maximum absolute atomic E-state index is 13.2. The molecule has 2 N–H and O–H groups in total. The number of benzene rings is 1. The lowest BCUT2D eigenvalue weighted by molar-refractivity contribution is 0.0943. The van der Waals surface area contributed by atoms with Gasteiger partial charge < -0.3 is 5.73 Å². The quantitative estimate of drug-likeness (QED) is 0.841. The van der Waals surface area contributed by atoms with Gasteiger partial charge in [0.1, 0.15) is 5.82 Å². The second kappa shape index (κ2) is 4.02. The number of rotatable bonds is 2. The molecule has 2 rings (SSSR count). The van der Waals surface area contributed by atoms with E-state index in [9.17, 15) is 13.2 Å². The Morgan fingerprint density at radius 2 is 1.87 bits per heavy atom. The normalized spacial score (nSPS) is 26.9. The van der Waals surface area contributed by atoms with E-state index in [1.165, 1.54) is 18.2 Å². The van der Waals surface area contributed by atoms with Crippen molar-refractivity contribution in [2.24, 2.45) is 11.7 Å². The van der Waals surface area contributed by atoms with Crippen molar-refractivity contribution in [2.45, 2.75) is 11.8 Å². The van der Waals surface area contributed by atoms with Crippen molar-refractivity contribution in [3.8, 4) is 0 Å². The second-order valence-corrected chi connectivity index (χ2v) is 3.52. The maximum atomic E-state index is 13.2. The monoisotopic (exact) mass is 237 g/mol. The Morgan fingerprint density at radius 1 is 1.27 bits per heavy atom. The molecule has 0 saturated heterocycles. The zero-order valence-corrected chi connectivity index (χ0v) is 8.61. The van der Waals surface area contributed by atoms with Gasteiger partial charge in [-0.05, 0) is 11.6 Å². The van der Waals surface area contributed by atoms with E-state index >= 15 is 0 Å². The largest absolute Gasteiger partial charge is 0.330 e. The van der Waals surface area contributed by atoms with Crippen LogP contribution in [0.4, 0.5) is 13.2 Å². The van der Waals surface area contributed by atoms with E-state index in [1.54, 1.807) is 6.07 Å². The van der Waals surface area contributed by atoms with Crippen molar-refractivity contribution in [1.82, 2.24) is 0 Å². The van der Waals surface area contributed by atoms with Crippen LogP contribution in [0.2, 0.25) is 0 Å². The summed E-state index contributed by atoms with van der Waals surface area (Å²) in [5.74, 6) is -5.35. The number of hydrogen-bond acceptors (Lipinski definition) is 1. The fourth-order valence-electron chi connectivity index (χ4n) is 1.83. The molecule has 1 nitrogen and oxygen atoms in total. The van der Waals surface area contributed by atoms with E-state index in [0.717, 1.165) is 0 Å². The van der Waals surface area contributed by atoms with Gasteiger partial charge in [0.05, 0.1) is 5.92 Å². The van der Waals surface area contributed by atoms with Gasteiger partial charge in [-0.2, -0.15) is 0 Å². The first-order valence-corrected chi connectivity index (χ1v) is 4.41. The smallest absolute Gasteiger partial charge is 0.260 e. The van der Waals surface area contributed by atoms with Crippen LogP contribution in [0.3, 0.4) is 0 Å². The van der Waals surface area contributed by atoms with Gasteiger partial charge in [-0.1, -0.05) is 18.2 Å². The van der Waals surface area contributed by atoms with Gasteiger partial charge in [-0.3, -0.25) is 0 Å². The third-order valence-electron chi connectivity index (χ3n) is 2.70. The Kier molecular flexibility index (Phi) is 3.31. The summed E-state index contributed by atoms with van der Waals surface area (Å²) >= 11 is 0. The fraction of sp³-hybridized carbons (Fsp3) is 0.400. The van der Waals surface area contributed by atoms with Crippen molar-refractivity contribution in [3.63, 3.8) is 0 Å². The van der Waals surface area contributed by atoms with Gasteiger partial charge in [0, 0.05) is 12.5 Å². The summed E-state index contributed by atoms with van der Waals surface area (Å²) in [5.41, 5.74) is 5.26.